The van der Waals surface area contributed by atoms with Gasteiger partial charge in [-0.15, -0.1) is 6.42 Å². The van der Waals surface area contributed by atoms with Gasteiger partial charge in [-0.25, -0.2) is 0 Å². The molecule has 0 spiro atoms. The van der Waals surface area contributed by atoms with Crippen molar-refractivity contribution in [2.24, 2.45) is 0 Å². The van der Waals surface area contributed by atoms with Crippen LogP contribution >= 0.6 is 0 Å². The van der Waals surface area contributed by atoms with E-state index in [-0.39, 0.29) is 32.7 Å². The van der Waals surface area contributed by atoms with Crippen LogP contribution in [0.3, 0.4) is 0 Å². The molecule has 0 aliphatic rings. The normalized spacial score (nSPS) is 8.00. The van der Waals surface area contributed by atoms with E-state index in [2.05, 4.69) is 6.07 Å². The first-order valence-corrected chi connectivity index (χ1v) is 2.74. The Morgan fingerprint density at radius 2 is 2.30 bits per heavy atom. The smallest absolute Gasteiger partial charge is 0 e. The molecular weight excluding hydrogens is 201 g/mol. The predicted octanol–water partition coefficient (Wildman–Crippen LogP) is 1.14. The standard InChI is InChI=1S/C8H6O.Y/c9-7-6-8-4-2-1-3-5-8;/h1-4H,6H2;/q-2;. The first-order chi connectivity index (χ1) is 4.43. The van der Waals surface area contributed by atoms with E-state index in [4.69, 9.17) is 0 Å². The number of benzene rings is 1. The van der Waals surface area contributed by atoms with Gasteiger partial charge in [-0.2, -0.15) is 35.9 Å². The van der Waals surface area contributed by atoms with Crippen LogP contribution in [0.2, 0.25) is 0 Å². The summed E-state index contributed by atoms with van der Waals surface area (Å²) < 4.78 is 0. The van der Waals surface area contributed by atoms with Gasteiger partial charge in [0.2, 0.25) is 0 Å². The molecule has 49 valence electrons. The van der Waals surface area contributed by atoms with Crippen molar-refractivity contribution < 1.29 is 37.5 Å². The van der Waals surface area contributed by atoms with Gasteiger partial charge in [-0.3, -0.25) is 6.29 Å². The van der Waals surface area contributed by atoms with E-state index in [0.29, 0.717) is 6.42 Å². The third-order valence-electron chi connectivity index (χ3n) is 1.04. The molecule has 0 aromatic heterocycles. The fourth-order valence-electron chi connectivity index (χ4n) is 0.618. The number of carbonyl (C=O) groups excluding carboxylic acids is 1. The summed E-state index contributed by atoms with van der Waals surface area (Å²) in [5.41, 5.74) is 0.896. The molecule has 1 nitrogen and oxygen atoms in total. The molecule has 0 bridgehead atoms. The van der Waals surface area contributed by atoms with Crippen LogP contribution in [0, 0.1) is 6.07 Å². The third kappa shape index (κ3) is 3.24. The summed E-state index contributed by atoms with van der Waals surface area (Å²) in [6.07, 6.45) is 2.15. The van der Waals surface area contributed by atoms with E-state index >= 15 is 0 Å². The van der Waals surface area contributed by atoms with Crippen LogP contribution in [0.1, 0.15) is 5.56 Å². The minimum atomic E-state index is 0. The van der Waals surface area contributed by atoms with Crippen LogP contribution in [-0.4, -0.2) is 6.29 Å². The Hall–Kier alpha value is -0.00610. The van der Waals surface area contributed by atoms with Gasteiger partial charge in [-0.05, 0) is 0 Å². The molecule has 0 atom stereocenters. The third-order valence-corrected chi connectivity index (χ3v) is 1.04. The minimum Gasteiger partial charge on any atom is -0.542 e. The molecule has 0 heterocycles. The van der Waals surface area contributed by atoms with Gasteiger partial charge in [0.15, 0.2) is 0 Å². The fraction of sp³-hybridized carbons (Fsp3) is 0.125. The second kappa shape index (κ2) is 5.75. The van der Waals surface area contributed by atoms with Crippen LogP contribution in [0.4, 0.5) is 0 Å². The van der Waals surface area contributed by atoms with Gasteiger partial charge in [0.25, 0.3) is 0 Å². The van der Waals surface area contributed by atoms with Crippen molar-refractivity contribution in [1.82, 2.24) is 0 Å². The second-order valence-electron chi connectivity index (χ2n) is 1.71. The molecule has 1 aromatic rings. The van der Waals surface area contributed by atoms with E-state index in [1.54, 1.807) is 12.4 Å². The molecule has 1 radical (unpaired) electrons. The Morgan fingerprint density at radius 3 is 2.80 bits per heavy atom. The van der Waals surface area contributed by atoms with E-state index in [0.717, 1.165) is 5.56 Å². The van der Waals surface area contributed by atoms with Crippen molar-refractivity contribution in [2.75, 3.05) is 0 Å². The molecule has 10 heavy (non-hydrogen) atoms. The fourth-order valence-corrected chi connectivity index (χ4v) is 0.618. The van der Waals surface area contributed by atoms with Gasteiger partial charge < -0.3 is 4.79 Å². The molecule has 0 fully saturated rings. The first kappa shape index (κ1) is 9.99. The summed E-state index contributed by atoms with van der Waals surface area (Å²) in [4.78, 5) is 9.83. The van der Waals surface area contributed by atoms with Crippen LogP contribution in [-0.2, 0) is 43.9 Å². The molecule has 0 aliphatic carbocycles. The molecule has 0 unspecified atom stereocenters. The molecule has 0 aliphatic heterocycles. The second-order valence-corrected chi connectivity index (χ2v) is 1.71. The molecule has 2 heteroatoms. The van der Waals surface area contributed by atoms with E-state index in [1.807, 2.05) is 18.2 Å². The number of hydrogen-bond donors (Lipinski definition) is 0. The molecule has 0 amide bonds. The van der Waals surface area contributed by atoms with Crippen molar-refractivity contribution in [3.05, 3.63) is 35.9 Å². The maximum absolute atomic E-state index is 9.83. The van der Waals surface area contributed by atoms with Gasteiger partial charge in [0.1, 0.15) is 0 Å². The summed E-state index contributed by atoms with van der Waals surface area (Å²) >= 11 is 0. The Morgan fingerprint density at radius 1 is 1.50 bits per heavy atom. The summed E-state index contributed by atoms with van der Waals surface area (Å²) in [7, 11) is 0. The van der Waals surface area contributed by atoms with Crippen molar-refractivity contribution in [2.45, 2.75) is 6.42 Å². The molecule has 0 saturated heterocycles. The van der Waals surface area contributed by atoms with Crippen molar-refractivity contribution in [1.29, 1.82) is 0 Å². The summed E-state index contributed by atoms with van der Waals surface area (Å²) in [6, 6.07) is 10.3. The van der Waals surface area contributed by atoms with E-state index in [1.165, 1.54) is 0 Å². The van der Waals surface area contributed by atoms with Crippen LogP contribution < -0.4 is 0 Å². The van der Waals surface area contributed by atoms with E-state index < -0.39 is 0 Å². The summed E-state index contributed by atoms with van der Waals surface area (Å²) in [5.74, 6) is 0. The van der Waals surface area contributed by atoms with Gasteiger partial charge in [0, 0.05) is 32.7 Å². The quantitative estimate of drug-likeness (QED) is 0.664. The molecule has 1 rings (SSSR count). The maximum atomic E-state index is 9.83. The average molecular weight is 207 g/mol. The maximum Gasteiger partial charge on any atom is 0 e. The zero-order chi connectivity index (χ0) is 6.53. The molecule has 0 saturated carbocycles. The van der Waals surface area contributed by atoms with Crippen molar-refractivity contribution in [3.63, 3.8) is 0 Å². The zero-order valence-corrected chi connectivity index (χ0v) is 8.34. The first-order valence-electron chi connectivity index (χ1n) is 2.74. The predicted molar refractivity (Wildman–Crippen MR) is 34.7 cm³/mol. The number of hydrogen-bond acceptors (Lipinski definition) is 1. The Bertz CT molecular complexity index is 184. The minimum absolute atomic E-state index is 0. The molecular formula is C8H6OY-2. The van der Waals surface area contributed by atoms with Gasteiger partial charge >= 0.3 is 0 Å². The Labute approximate surface area is 85.7 Å². The van der Waals surface area contributed by atoms with Crippen LogP contribution in [0.5, 0.6) is 0 Å². The summed E-state index contributed by atoms with van der Waals surface area (Å²) in [6.45, 7) is 0. The molecule has 1 aromatic carbocycles. The average Bonchev–Trinajstić information content (AvgIpc) is 1.91. The van der Waals surface area contributed by atoms with Crippen molar-refractivity contribution in [3.8, 4) is 0 Å². The van der Waals surface area contributed by atoms with E-state index in [9.17, 15) is 4.79 Å². The van der Waals surface area contributed by atoms with Crippen LogP contribution in [0.25, 0.3) is 0 Å². The van der Waals surface area contributed by atoms with Crippen molar-refractivity contribution >= 4 is 6.29 Å². The van der Waals surface area contributed by atoms with Gasteiger partial charge in [0.05, 0.1) is 0 Å². The molecule has 0 N–H and O–H groups in total. The summed E-state index contributed by atoms with van der Waals surface area (Å²) in [5, 5.41) is 0. The topological polar surface area (TPSA) is 17.1 Å². The Kier molecular flexibility index (Phi) is 5.75. The largest absolute Gasteiger partial charge is 0.542 e. The Balaban J connectivity index is 0.000000810. The van der Waals surface area contributed by atoms with Gasteiger partial charge in [-0.1, -0.05) is 0 Å². The number of rotatable bonds is 2. The zero-order valence-electron chi connectivity index (χ0n) is 5.50. The monoisotopic (exact) mass is 207 g/mol. The van der Waals surface area contributed by atoms with Crippen LogP contribution in [0.15, 0.2) is 24.3 Å². The SMILES string of the molecule is O=[C-]Cc1[c-]cccc1.[Y].